The predicted molar refractivity (Wildman–Crippen MR) is 115 cm³/mol. The number of aromatic nitrogens is 1. The lowest BCUT2D eigenvalue weighted by Crippen LogP contribution is -2.09. The van der Waals surface area contributed by atoms with E-state index < -0.39 is 27.5 Å². The molecule has 1 amide bonds. The van der Waals surface area contributed by atoms with Crippen LogP contribution in [0.3, 0.4) is 0 Å². The standard InChI is InChI=1S/C21H16F2N4O3S/c1-4-30-19-9-17(23)20(10-16(19)22)31(29)27-18-7-15(11-25-12(18)2)14-5-6-24-21(8-14)26-13(3)28/h4-11H,1-2H2,3H3,(H,24,26,28). The molecule has 31 heavy (non-hydrogen) atoms. The molecule has 0 aliphatic carbocycles. The topological polar surface area (TPSA) is 93.0 Å². The van der Waals surface area contributed by atoms with E-state index in [-0.39, 0.29) is 23.1 Å². The minimum atomic E-state index is -2.28. The number of aliphatic imine (C=N–C) groups is 1. The van der Waals surface area contributed by atoms with Gasteiger partial charge >= 0.3 is 0 Å². The number of nitrogens with one attached hydrogen (secondary N) is 1. The van der Waals surface area contributed by atoms with Crippen LogP contribution in [0, 0.1) is 11.6 Å². The van der Waals surface area contributed by atoms with Crippen LogP contribution in [0.5, 0.6) is 5.75 Å². The minimum absolute atomic E-state index is 0.125. The Hall–Kier alpha value is -3.79. The highest BCUT2D eigenvalue weighted by molar-refractivity contribution is 7.84. The normalized spacial score (nSPS) is 15.4. The van der Waals surface area contributed by atoms with Gasteiger partial charge in [-0.25, -0.2) is 18.0 Å². The van der Waals surface area contributed by atoms with E-state index in [0.29, 0.717) is 17.0 Å². The van der Waals surface area contributed by atoms with Crippen molar-refractivity contribution in [2.45, 2.75) is 11.8 Å². The van der Waals surface area contributed by atoms with Crippen LogP contribution >= 0.6 is 0 Å². The van der Waals surface area contributed by atoms with Crippen molar-refractivity contribution in [1.29, 1.82) is 0 Å². The van der Waals surface area contributed by atoms with Crippen LogP contribution in [0.1, 0.15) is 12.5 Å². The van der Waals surface area contributed by atoms with E-state index >= 15 is 0 Å². The Bertz CT molecular complexity index is 1210. The molecule has 1 unspecified atom stereocenters. The van der Waals surface area contributed by atoms with Gasteiger partial charge in [0, 0.05) is 31.0 Å². The van der Waals surface area contributed by atoms with Crippen LogP contribution in [-0.2, 0) is 15.8 Å². The van der Waals surface area contributed by atoms with Crippen LogP contribution in [-0.4, -0.2) is 27.0 Å². The van der Waals surface area contributed by atoms with Gasteiger partial charge in [0.2, 0.25) is 5.91 Å². The SMILES string of the molecule is C=COc1cc(F)c(S(=O)N=C2C=C(c3ccnc(NC(C)=O)c3)C=NC2=C)cc1F. The Morgan fingerprint density at radius 3 is 2.77 bits per heavy atom. The molecule has 7 nitrogen and oxygen atoms in total. The third kappa shape index (κ3) is 5.23. The highest BCUT2D eigenvalue weighted by Gasteiger charge is 2.18. The lowest BCUT2D eigenvalue weighted by Gasteiger charge is -2.12. The second kappa shape index (κ2) is 9.35. The molecule has 0 fully saturated rings. The number of halogens is 2. The van der Waals surface area contributed by atoms with Crippen LogP contribution in [0.15, 0.2) is 75.9 Å². The summed E-state index contributed by atoms with van der Waals surface area (Å²) in [6.07, 6.45) is 5.50. The van der Waals surface area contributed by atoms with Crippen molar-refractivity contribution in [2.24, 2.45) is 9.39 Å². The molecule has 0 radical (unpaired) electrons. The molecular formula is C21H16F2N4O3S. The number of hydrogen-bond donors (Lipinski definition) is 1. The Kier molecular flexibility index (Phi) is 6.61. The fourth-order valence-corrected chi connectivity index (χ4v) is 3.41. The number of carbonyl (C=O) groups excluding carboxylic acids is 1. The monoisotopic (exact) mass is 442 g/mol. The number of allylic oxidation sites excluding steroid dienone is 2. The molecule has 1 aromatic heterocycles. The largest absolute Gasteiger partial charge is 0.462 e. The molecule has 1 aliphatic rings. The van der Waals surface area contributed by atoms with Gasteiger partial charge in [0.1, 0.15) is 16.5 Å². The predicted octanol–water partition coefficient (Wildman–Crippen LogP) is 3.99. The van der Waals surface area contributed by atoms with E-state index in [9.17, 15) is 17.8 Å². The summed E-state index contributed by atoms with van der Waals surface area (Å²) < 4.78 is 49.6. The molecule has 1 aliphatic heterocycles. The van der Waals surface area contributed by atoms with Crippen molar-refractivity contribution in [3.63, 3.8) is 0 Å². The van der Waals surface area contributed by atoms with E-state index in [1.807, 2.05) is 0 Å². The van der Waals surface area contributed by atoms with Gasteiger partial charge in [0.15, 0.2) is 22.6 Å². The van der Waals surface area contributed by atoms with Crippen LogP contribution < -0.4 is 10.1 Å². The van der Waals surface area contributed by atoms with Crippen molar-refractivity contribution >= 4 is 40.2 Å². The summed E-state index contributed by atoms with van der Waals surface area (Å²) in [5, 5.41) is 2.57. The van der Waals surface area contributed by atoms with Crippen molar-refractivity contribution in [2.75, 3.05) is 5.32 Å². The average molecular weight is 442 g/mol. The lowest BCUT2D eigenvalue weighted by molar-refractivity contribution is -0.114. The minimum Gasteiger partial charge on any atom is -0.462 e. The first-order valence-electron chi connectivity index (χ1n) is 8.74. The van der Waals surface area contributed by atoms with Gasteiger partial charge in [-0.3, -0.25) is 9.79 Å². The Morgan fingerprint density at radius 1 is 1.29 bits per heavy atom. The van der Waals surface area contributed by atoms with Crippen LogP contribution in [0.2, 0.25) is 0 Å². The van der Waals surface area contributed by atoms with E-state index in [2.05, 4.69) is 32.8 Å². The number of anilines is 1. The molecule has 0 saturated carbocycles. The summed E-state index contributed by atoms with van der Waals surface area (Å²) in [5.41, 5.74) is 1.54. The Balaban J connectivity index is 1.94. The zero-order chi connectivity index (χ0) is 22.5. The van der Waals surface area contributed by atoms with Crippen LogP contribution in [0.25, 0.3) is 5.57 Å². The molecule has 1 atom stereocenters. The first-order valence-corrected chi connectivity index (χ1v) is 9.85. The zero-order valence-corrected chi connectivity index (χ0v) is 17.1. The van der Waals surface area contributed by atoms with E-state index in [0.717, 1.165) is 18.4 Å². The number of ether oxygens (including phenoxy) is 1. The first kappa shape index (κ1) is 21.9. The molecule has 2 aromatic rings. The molecule has 0 spiro atoms. The number of carbonyl (C=O) groups is 1. The molecule has 1 N–H and O–H groups in total. The van der Waals surface area contributed by atoms with Gasteiger partial charge in [-0.15, -0.1) is 0 Å². The van der Waals surface area contributed by atoms with Crippen molar-refractivity contribution in [3.05, 3.63) is 78.9 Å². The maximum Gasteiger partial charge on any atom is 0.222 e. The van der Waals surface area contributed by atoms with Gasteiger partial charge in [-0.2, -0.15) is 4.40 Å². The van der Waals surface area contributed by atoms with E-state index in [1.165, 1.54) is 19.3 Å². The molecule has 0 saturated heterocycles. The fourth-order valence-electron chi connectivity index (χ4n) is 2.54. The van der Waals surface area contributed by atoms with Crippen molar-refractivity contribution in [3.8, 4) is 5.75 Å². The average Bonchev–Trinajstić information content (AvgIpc) is 2.72. The maximum atomic E-state index is 14.3. The summed E-state index contributed by atoms with van der Waals surface area (Å²) in [7, 11) is -2.28. The highest BCUT2D eigenvalue weighted by Crippen LogP contribution is 2.26. The van der Waals surface area contributed by atoms with E-state index in [1.54, 1.807) is 18.2 Å². The number of amides is 1. The number of nitrogens with zero attached hydrogens (tertiary/aromatic N) is 3. The number of dihydropyridines is 1. The second-order valence-corrected chi connectivity index (χ2v) is 7.26. The van der Waals surface area contributed by atoms with Crippen molar-refractivity contribution in [1.82, 2.24) is 4.98 Å². The lowest BCUT2D eigenvalue weighted by atomic mass is 10.0. The van der Waals surface area contributed by atoms with Gasteiger partial charge in [0.25, 0.3) is 0 Å². The molecule has 10 heteroatoms. The maximum absolute atomic E-state index is 14.3. The van der Waals surface area contributed by atoms with E-state index in [4.69, 9.17) is 4.74 Å². The summed E-state index contributed by atoms with van der Waals surface area (Å²) >= 11 is 0. The number of pyridine rings is 1. The smallest absolute Gasteiger partial charge is 0.222 e. The number of rotatable bonds is 6. The Labute approximate surface area is 179 Å². The first-order chi connectivity index (χ1) is 14.8. The van der Waals surface area contributed by atoms with Gasteiger partial charge in [-0.1, -0.05) is 13.2 Å². The van der Waals surface area contributed by atoms with Gasteiger partial charge in [0.05, 0.1) is 17.7 Å². The number of benzene rings is 1. The third-order valence-corrected chi connectivity index (χ3v) is 4.96. The zero-order valence-electron chi connectivity index (χ0n) is 16.3. The third-order valence-electron chi connectivity index (χ3n) is 3.91. The summed E-state index contributed by atoms with van der Waals surface area (Å²) in [6, 6.07) is 4.81. The summed E-state index contributed by atoms with van der Waals surface area (Å²) in [6.45, 7) is 8.36. The highest BCUT2D eigenvalue weighted by atomic mass is 32.2. The molecule has 0 bridgehead atoms. The fraction of sp³-hybridized carbons (Fsp3) is 0.0476. The van der Waals surface area contributed by atoms with Gasteiger partial charge in [-0.05, 0) is 29.8 Å². The molecule has 3 rings (SSSR count). The summed E-state index contributed by atoms with van der Waals surface area (Å²) in [4.78, 5) is 18.9. The van der Waals surface area contributed by atoms with Crippen LogP contribution in [0.4, 0.5) is 14.6 Å². The molecular weight excluding hydrogens is 426 g/mol. The summed E-state index contributed by atoms with van der Waals surface area (Å²) in [5.74, 6) is -2.19. The van der Waals surface area contributed by atoms with Crippen molar-refractivity contribution < 1.29 is 22.5 Å². The molecule has 1 aromatic carbocycles. The molecule has 158 valence electrons. The molecule has 2 heterocycles. The number of hydrogen-bond acceptors (Lipinski definition) is 5. The second-order valence-electron chi connectivity index (χ2n) is 6.14. The quantitative estimate of drug-likeness (QED) is 0.685. The Morgan fingerprint density at radius 2 is 2.06 bits per heavy atom. The van der Waals surface area contributed by atoms with Gasteiger partial charge < -0.3 is 10.1 Å².